The van der Waals surface area contributed by atoms with Crippen LogP contribution in [-0.2, 0) is 15.3 Å². The fourth-order valence-electron chi connectivity index (χ4n) is 2.18. The summed E-state index contributed by atoms with van der Waals surface area (Å²) in [6.07, 6.45) is 0.742. The summed E-state index contributed by atoms with van der Waals surface area (Å²) in [6, 6.07) is 7.00. The van der Waals surface area contributed by atoms with E-state index >= 15 is 0 Å². The molecule has 0 spiro atoms. The van der Waals surface area contributed by atoms with Crippen LogP contribution < -0.4 is 0 Å². The van der Waals surface area contributed by atoms with E-state index in [1.54, 1.807) is 31.2 Å². The Morgan fingerprint density at radius 1 is 1.20 bits per heavy atom. The van der Waals surface area contributed by atoms with Crippen LogP contribution in [0.15, 0.2) is 24.3 Å². The highest BCUT2D eigenvalue weighted by Gasteiger charge is 2.32. The number of hydrogen-bond donors (Lipinski definition) is 2. The van der Waals surface area contributed by atoms with Gasteiger partial charge >= 0.3 is 0 Å². The van der Waals surface area contributed by atoms with Gasteiger partial charge < -0.3 is 10.2 Å². The van der Waals surface area contributed by atoms with Gasteiger partial charge in [-0.3, -0.25) is 0 Å². The summed E-state index contributed by atoms with van der Waals surface area (Å²) < 4.78 is 23.0. The van der Waals surface area contributed by atoms with Crippen molar-refractivity contribution in [1.82, 2.24) is 0 Å². The van der Waals surface area contributed by atoms with Crippen molar-refractivity contribution in [3.8, 4) is 0 Å². The maximum Gasteiger partial charge on any atom is 0.150 e. The Kier molecular flexibility index (Phi) is 6.45. The highest BCUT2D eigenvalue weighted by Crippen LogP contribution is 2.33. The number of hydrogen-bond acceptors (Lipinski definition) is 4. The Morgan fingerprint density at radius 3 is 2.30 bits per heavy atom. The highest BCUT2D eigenvalue weighted by molar-refractivity contribution is 7.91. The monoisotopic (exact) mass is 320 g/mol. The lowest BCUT2D eigenvalue weighted by molar-refractivity contribution is 0.109. The standard InChI is InChI=1S/C14H21ClO4S/c1-2-20(18,19)9-5-8-14(10-16,11-17)12-6-3-4-7-13(12)15/h3-4,6-7,16-17H,2,5,8-11H2,1H3. The van der Waals surface area contributed by atoms with Gasteiger partial charge in [0.1, 0.15) is 9.84 Å². The van der Waals surface area contributed by atoms with E-state index in [0.717, 1.165) is 0 Å². The van der Waals surface area contributed by atoms with Crippen molar-refractivity contribution in [1.29, 1.82) is 0 Å². The van der Waals surface area contributed by atoms with E-state index in [4.69, 9.17) is 11.6 Å². The summed E-state index contributed by atoms with van der Waals surface area (Å²) in [6.45, 7) is 1.05. The van der Waals surface area contributed by atoms with Crippen LogP contribution in [0.2, 0.25) is 5.02 Å². The Morgan fingerprint density at radius 2 is 1.80 bits per heavy atom. The molecule has 0 saturated carbocycles. The van der Waals surface area contributed by atoms with E-state index in [1.807, 2.05) is 0 Å². The normalized spacial score (nSPS) is 12.6. The van der Waals surface area contributed by atoms with Crippen LogP contribution in [0.3, 0.4) is 0 Å². The summed E-state index contributed by atoms with van der Waals surface area (Å²) in [7, 11) is -3.05. The van der Waals surface area contributed by atoms with Gasteiger partial charge in [-0.15, -0.1) is 0 Å². The molecular weight excluding hydrogens is 300 g/mol. The second-order valence-corrected chi connectivity index (χ2v) is 7.80. The molecule has 0 fully saturated rings. The van der Waals surface area contributed by atoms with Gasteiger partial charge in [-0.25, -0.2) is 8.42 Å². The zero-order valence-corrected chi connectivity index (χ0v) is 13.1. The van der Waals surface area contributed by atoms with Crippen LogP contribution in [0.5, 0.6) is 0 Å². The van der Waals surface area contributed by atoms with Gasteiger partial charge in [-0.1, -0.05) is 36.7 Å². The predicted molar refractivity (Wildman–Crippen MR) is 80.9 cm³/mol. The van der Waals surface area contributed by atoms with Crippen molar-refractivity contribution in [2.75, 3.05) is 24.7 Å². The van der Waals surface area contributed by atoms with Crippen molar-refractivity contribution in [2.45, 2.75) is 25.2 Å². The average molecular weight is 321 g/mol. The van der Waals surface area contributed by atoms with Gasteiger partial charge in [0.05, 0.1) is 19.0 Å². The van der Waals surface area contributed by atoms with Crippen LogP contribution in [0.4, 0.5) is 0 Å². The molecule has 0 unspecified atom stereocenters. The molecule has 0 atom stereocenters. The van der Waals surface area contributed by atoms with E-state index in [1.165, 1.54) is 0 Å². The predicted octanol–water partition coefficient (Wildman–Crippen LogP) is 1.78. The Balaban J connectivity index is 2.91. The average Bonchev–Trinajstić information content (AvgIpc) is 2.45. The molecule has 1 rings (SSSR count). The first-order chi connectivity index (χ1) is 9.40. The molecular formula is C14H21ClO4S. The van der Waals surface area contributed by atoms with Gasteiger partial charge in [0.15, 0.2) is 0 Å². The van der Waals surface area contributed by atoms with Crippen LogP contribution in [0.25, 0.3) is 0 Å². The van der Waals surface area contributed by atoms with Gasteiger partial charge in [0, 0.05) is 16.2 Å². The van der Waals surface area contributed by atoms with E-state index in [2.05, 4.69) is 0 Å². The van der Waals surface area contributed by atoms with E-state index in [0.29, 0.717) is 23.4 Å². The first kappa shape index (κ1) is 17.4. The zero-order valence-electron chi connectivity index (χ0n) is 11.5. The van der Waals surface area contributed by atoms with Gasteiger partial charge in [-0.05, 0) is 24.5 Å². The van der Waals surface area contributed by atoms with E-state index in [9.17, 15) is 18.6 Å². The third kappa shape index (κ3) is 4.19. The maximum atomic E-state index is 11.5. The molecule has 114 valence electrons. The molecule has 0 saturated heterocycles. The lowest BCUT2D eigenvalue weighted by atomic mass is 9.78. The quantitative estimate of drug-likeness (QED) is 0.765. The van der Waals surface area contributed by atoms with Crippen molar-refractivity contribution in [3.05, 3.63) is 34.9 Å². The lowest BCUT2D eigenvalue weighted by Gasteiger charge is -2.31. The SMILES string of the molecule is CCS(=O)(=O)CCCC(CO)(CO)c1ccccc1Cl. The molecule has 20 heavy (non-hydrogen) atoms. The smallest absolute Gasteiger partial charge is 0.150 e. The third-order valence-corrected chi connectivity index (χ3v) is 5.72. The molecule has 1 aromatic carbocycles. The first-order valence-corrected chi connectivity index (χ1v) is 8.78. The fraction of sp³-hybridized carbons (Fsp3) is 0.571. The number of aliphatic hydroxyl groups excluding tert-OH is 2. The van der Waals surface area contributed by atoms with Crippen molar-refractivity contribution in [2.24, 2.45) is 0 Å². The molecule has 0 bridgehead atoms. The molecule has 0 radical (unpaired) electrons. The van der Waals surface area contributed by atoms with E-state index in [-0.39, 0.29) is 24.7 Å². The topological polar surface area (TPSA) is 74.6 Å². The number of sulfone groups is 1. The molecule has 4 nitrogen and oxygen atoms in total. The molecule has 0 aromatic heterocycles. The Hall–Kier alpha value is -0.620. The maximum absolute atomic E-state index is 11.5. The lowest BCUT2D eigenvalue weighted by Crippen LogP contribution is -2.35. The Bertz CT molecular complexity index is 524. The fourth-order valence-corrected chi connectivity index (χ4v) is 3.39. The summed E-state index contributed by atoms with van der Waals surface area (Å²) in [5, 5.41) is 19.8. The molecule has 0 heterocycles. The summed E-state index contributed by atoms with van der Waals surface area (Å²) >= 11 is 6.12. The second-order valence-electron chi connectivity index (χ2n) is 4.92. The zero-order chi connectivity index (χ0) is 15.2. The van der Waals surface area contributed by atoms with Crippen molar-refractivity contribution in [3.63, 3.8) is 0 Å². The number of aliphatic hydroxyl groups is 2. The van der Waals surface area contributed by atoms with Crippen molar-refractivity contribution >= 4 is 21.4 Å². The van der Waals surface area contributed by atoms with Gasteiger partial charge in [-0.2, -0.15) is 0 Å². The minimum absolute atomic E-state index is 0.0513. The molecule has 6 heteroatoms. The molecule has 0 aliphatic heterocycles. The minimum atomic E-state index is -3.05. The summed E-state index contributed by atoms with van der Waals surface area (Å²) in [5.74, 6) is 0.153. The largest absolute Gasteiger partial charge is 0.395 e. The van der Waals surface area contributed by atoms with Gasteiger partial charge in [0.2, 0.25) is 0 Å². The molecule has 0 amide bonds. The van der Waals surface area contributed by atoms with E-state index < -0.39 is 15.3 Å². The number of halogens is 1. The van der Waals surface area contributed by atoms with Crippen LogP contribution in [0.1, 0.15) is 25.3 Å². The highest BCUT2D eigenvalue weighted by atomic mass is 35.5. The van der Waals surface area contributed by atoms with Crippen LogP contribution in [-0.4, -0.2) is 43.4 Å². The Labute approximate surface area is 125 Å². The summed E-state index contributed by atoms with van der Waals surface area (Å²) in [4.78, 5) is 0. The number of rotatable bonds is 8. The summed E-state index contributed by atoms with van der Waals surface area (Å²) in [5.41, 5.74) is -0.248. The minimum Gasteiger partial charge on any atom is -0.395 e. The molecule has 1 aromatic rings. The first-order valence-electron chi connectivity index (χ1n) is 6.58. The van der Waals surface area contributed by atoms with Crippen molar-refractivity contribution < 1.29 is 18.6 Å². The van der Waals surface area contributed by atoms with Crippen LogP contribution in [0, 0.1) is 0 Å². The second kappa shape index (κ2) is 7.41. The molecule has 0 aliphatic carbocycles. The molecule has 2 N–H and O–H groups in total. The van der Waals surface area contributed by atoms with Crippen LogP contribution >= 0.6 is 11.6 Å². The van der Waals surface area contributed by atoms with Gasteiger partial charge in [0.25, 0.3) is 0 Å². The molecule has 0 aliphatic rings. The number of benzene rings is 1. The third-order valence-electron chi connectivity index (χ3n) is 3.60.